The van der Waals surface area contributed by atoms with Crippen molar-refractivity contribution < 1.29 is 51.0 Å². The number of allylic oxidation sites excluding steroid dienone is 7. The smallest absolute Gasteiger partial charge is 0.319 e. The number of anilines is 1. The van der Waals surface area contributed by atoms with Gasteiger partial charge in [-0.1, -0.05) is 76.2 Å². The molecule has 4 aromatic rings. The third-order valence-corrected chi connectivity index (χ3v) is 10.9. The van der Waals surface area contributed by atoms with Gasteiger partial charge in [0.25, 0.3) is 0 Å². The second-order valence-corrected chi connectivity index (χ2v) is 16.1. The Morgan fingerprint density at radius 1 is 0.758 bits per heavy atom. The Kier molecular flexibility index (Phi) is 16.3. The van der Waals surface area contributed by atoms with Gasteiger partial charge in [-0.05, 0) is 49.8 Å². The van der Waals surface area contributed by atoms with Gasteiger partial charge >= 0.3 is 10.0 Å². The van der Waals surface area contributed by atoms with Crippen molar-refractivity contribution in [2.75, 3.05) is 26.0 Å². The Morgan fingerprint density at radius 3 is 1.65 bits per heavy atom. The van der Waals surface area contributed by atoms with Gasteiger partial charge in [-0.15, -0.1) is 0 Å². The van der Waals surface area contributed by atoms with Crippen molar-refractivity contribution in [2.45, 2.75) is 19.3 Å². The minimum absolute atomic E-state index is 0. The van der Waals surface area contributed by atoms with Crippen LogP contribution >= 0.6 is 45.9 Å². The summed E-state index contributed by atoms with van der Waals surface area (Å²) < 4.78 is 2.31. The number of nitrogens with zero attached hydrogens (tertiary/aromatic N) is 10. The van der Waals surface area contributed by atoms with Gasteiger partial charge in [0.2, 0.25) is 17.3 Å². The van der Waals surface area contributed by atoms with Crippen LogP contribution in [0.5, 0.6) is 0 Å². The average molecular weight is 964 g/mol. The van der Waals surface area contributed by atoms with E-state index in [0.717, 1.165) is 59.4 Å². The predicted octanol–water partition coefficient (Wildman–Crippen LogP) is 6.50. The quantitative estimate of drug-likeness (QED) is 0.0876. The average Bonchev–Trinajstić information content (AvgIpc) is 3.95. The zero-order valence-corrected chi connectivity index (χ0v) is 37.1. The van der Waals surface area contributed by atoms with E-state index < -0.39 is 21.4 Å². The first-order valence-electron chi connectivity index (χ1n) is 17.4. The van der Waals surface area contributed by atoms with Crippen molar-refractivity contribution in [1.82, 2.24) is 9.97 Å². The standard InChI is InChI=1S/C21H25N2.2C9H5ClN4O4S.Co/c1-21(2)18-8-6-7-9-19(18)23(5)20(21)15-12-16-10-13-17(14-11-16)22(3)4;2*10-4-1-5(7(16)2-6(4)15)12-13-9-11-3-8(19-9)14(17)18;/h6-15H,1-5H3;2*1-3H,(H2,11,13,15,16);/q+1;;;/p-2. The maximum atomic E-state index is 11.1. The molecular formula is C39H33Cl2CoN10O8S2-. The molecule has 0 amide bonds. The van der Waals surface area contributed by atoms with Crippen LogP contribution in [-0.2, 0) is 31.8 Å². The second-order valence-electron chi connectivity index (χ2n) is 13.3. The van der Waals surface area contributed by atoms with Crippen molar-refractivity contribution in [3.05, 3.63) is 154 Å². The Hall–Kier alpha value is -6.36. The number of aromatic nitrogens is 2. The predicted molar refractivity (Wildman–Crippen MR) is 234 cm³/mol. The van der Waals surface area contributed by atoms with E-state index in [2.05, 4.69) is 136 Å². The van der Waals surface area contributed by atoms with Crippen LogP contribution in [0.25, 0.3) is 6.08 Å². The Bertz CT molecular complexity index is 2700. The fourth-order valence-corrected chi connectivity index (χ4v) is 6.98. The largest absolute Gasteiger partial charge is 0.506 e. The van der Waals surface area contributed by atoms with Crippen LogP contribution < -0.4 is 24.5 Å². The van der Waals surface area contributed by atoms with E-state index >= 15 is 0 Å². The molecule has 1 aliphatic heterocycles. The SMILES string of the molecule is CN(C)c1ccc(/C=C/C2=[N+](C)c3ccccc3C2(C)C)cc1.O=C1C=C(O)C(=NN=c2[n-]cc([N+](=O)[O-])s2)C=C1Cl.O=C1C=C(O)C(=NN=c2[n-]cc([N+](=O)[O-])s2)C=C1Cl.[Co]. The molecule has 3 aliphatic rings. The van der Waals surface area contributed by atoms with Gasteiger partial charge in [-0.3, -0.25) is 40.0 Å². The number of hydrogen-bond donors (Lipinski definition) is 2. The number of thiazole rings is 2. The third kappa shape index (κ3) is 11.9. The van der Waals surface area contributed by atoms with Crippen molar-refractivity contribution in [1.29, 1.82) is 0 Å². The van der Waals surface area contributed by atoms with Gasteiger partial charge in [-0.25, -0.2) is 0 Å². The molecule has 0 spiro atoms. The molecule has 2 N–H and O–H groups in total. The first-order chi connectivity index (χ1) is 28.8. The number of nitro groups is 2. The molecule has 23 heteroatoms. The molecule has 0 bridgehead atoms. The number of benzene rings is 2. The van der Waals surface area contributed by atoms with Crippen molar-refractivity contribution in [3.63, 3.8) is 0 Å². The van der Waals surface area contributed by atoms with E-state index in [4.69, 9.17) is 23.2 Å². The minimum Gasteiger partial charge on any atom is -0.506 e. The number of carbonyl (C=O) groups is 2. The molecule has 18 nitrogen and oxygen atoms in total. The first-order valence-corrected chi connectivity index (χ1v) is 19.8. The van der Waals surface area contributed by atoms with Crippen LogP contribution in [0.1, 0.15) is 25.0 Å². The molecule has 0 unspecified atom stereocenters. The molecule has 0 saturated carbocycles. The van der Waals surface area contributed by atoms with Crippen molar-refractivity contribution in [3.8, 4) is 0 Å². The number of aliphatic hydroxyl groups is 2. The molecule has 2 aromatic carbocycles. The molecule has 2 aliphatic carbocycles. The summed E-state index contributed by atoms with van der Waals surface area (Å²) in [6.07, 6.45) is 10.7. The molecule has 1 radical (unpaired) electrons. The van der Waals surface area contributed by atoms with Crippen LogP contribution in [0.15, 0.2) is 133 Å². The Morgan fingerprint density at radius 2 is 1.23 bits per heavy atom. The molecular weight excluding hydrogens is 930 g/mol. The number of halogens is 2. The van der Waals surface area contributed by atoms with Gasteiger partial charge in [0.05, 0.1) is 25.3 Å². The topological polar surface area (TPSA) is 245 Å². The van der Waals surface area contributed by atoms with E-state index in [1.165, 1.54) is 28.2 Å². The summed E-state index contributed by atoms with van der Waals surface area (Å²) in [7, 11) is 6.28. The molecule has 62 heavy (non-hydrogen) atoms. The fraction of sp³-hybridized carbons (Fsp3) is 0.154. The number of para-hydroxylation sites is 1. The number of carbonyl (C=O) groups excluding carboxylic acids is 2. The van der Waals surface area contributed by atoms with Crippen molar-refractivity contribution in [2.24, 2.45) is 20.4 Å². The van der Waals surface area contributed by atoms with E-state index in [0.29, 0.717) is 0 Å². The van der Waals surface area contributed by atoms with E-state index in [9.17, 15) is 40.0 Å². The summed E-state index contributed by atoms with van der Waals surface area (Å²) in [6.45, 7) is 4.59. The van der Waals surface area contributed by atoms with E-state index in [1.54, 1.807) is 0 Å². The number of hydrogen-bond acceptors (Lipinski definition) is 15. The molecule has 0 fully saturated rings. The van der Waals surface area contributed by atoms with Gasteiger partial charge in [0.15, 0.2) is 5.71 Å². The number of rotatable bonds is 7. The maximum absolute atomic E-state index is 11.1. The first kappa shape index (κ1) is 48.3. The van der Waals surface area contributed by atoms with Crippen molar-refractivity contribution >= 4 is 102 Å². The number of ketones is 2. The summed E-state index contributed by atoms with van der Waals surface area (Å²) in [4.78, 5) is 51.4. The molecule has 0 saturated heterocycles. The van der Waals surface area contributed by atoms with E-state index in [-0.39, 0.29) is 74.8 Å². The van der Waals surface area contributed by atoms with E-state index in [1.807, 2.05) is 0 Å². The molecule has 3 heterocycles. The maximum Gasteiger partial charge on any atom is 0.319 e. The zero-order valence-electron chi connectivity index (χ0n) is 33.0. The Balaban J connectivity index is 0.000000204. The van der Waals surface area contributed by atoms with Crippen LogP contribution in [0.2, 0.25) is 0 Å². The monoisotopic (exact) mass is 962 g/mol. The Labute approximate surface area is 380 Å². The zero-order chi connectivity index (χ0) is 44.6. The normalized spacial score (nSPS) is 17.3. The fourth-order valence-electron chi connectivity index (χ4n) is 5.55. The van der Waals surface area contributed by atoms with Crippen LogP contribution in [-0.4, -0.2) is 74.5 Å². The molecule has 7 rings (SSSR count). The molecule has 2 aromatic heterocycles. The van der Waals surface area contributed by atoms with Gasteiger partial charge in [-0.2, -0.15) is 4.58 Å². The minimum atomic E-state index is -0.600. The van der Waals surface area contributed by atoms with Crippen LogP contribution in [0, 0.1) is 20.2 Å². The number of aliphatic hydroxyl groups excluding tert-OH is 2. The summed E-state index contributed by atoms with van der Waals surface area (Å²) in [6, 6.07) is 17.3. The second kappa shape index (κ2) is 20.9. The summed E-state index contributed by atoms with van der Waals surface area (Å²) in [5.74, 6) is -1.85. The van der Waals surface area contributed by atoms with Crippen LogP contribution in [0.4, 0.5) is 21.4 Å². The third-order valence-electron chi connectivity index (χ3n) is 8.65. The van der Waals surface area contributed by atoms with Gasteiger partial charge in [0, 0.05) is 88.4 Å². The molecule has 0 atom stereocenters. The van der Waals surface area contributed by atoms with Crippen LogP contribution in [0.3, 0.4) is 0 Å². The summed E-state index contributed by atoms with van der Waals surface area (Å²) in [5, 5.41) is 53.7. The summed E-state index contributed by atoms with van der Waals surface area (Å²) in [5.41, 5.74) is 6.46. The number of fused-ring (bicyclic) bond motifs is 1. The van der Waals surface area contributed by atoms with Gasteiger partial charge in [0.1, 0.15) is 30.0 Å². The van der Waals surface area contributed by atoms with Gasteiger partial charge < -0.3 is 35.3 Å². The molecule has 323 valence electrons. The summed E-state index contributed by atoms with van der Waals surface area (Å²) >= 11 is 12.6.